The Morgan fingerprint density at radius 3 is 2.52 bits per heavy atom. The van der Waals surface area contributed by atoms with Crippen LogP contribution < -0.4 is 10.5 Å². The van der Waals surface area contributed by atoms with Crippen LogP contribution in [-0.4, -0.2) is 34.3 Å². The van der Waals surface area contributed by atoms with Gasteiger partial charge in [0.2, 0.25) is 0 Å². The Labute approximate surface area is 156 Å². The molecule has 1 aromatic heterocycles. The van der Waals surface area contributed by atoms with Crippen LogP contribution in [0.1, 0.15) is 17.0 Å². The van der Waals surface area contributed by atoms with Gasteiger partial charge in [-0.1, -0.05) is 30.3 Å². The number of carbonyl (C=O) groups is 1. The molecule has 27 heavy (non-hydrogen) atoms. The van der Waals surface area contributed by atoms with E-state index in [4.69, 9.17) is 15.2 Å². The van der Waals surface area contributed by atoms with E-state index < -0.39 is 5.97 Å². The first-order chi connectivity index (χ1) is 13.0. The van der Waals surface area contributed by atoms with Crippen molar-refractivity contribution >= 4 is 22.7 Å². The van der Waals surface area contributed by atoms with Gasteiger partial charge in [-0.15, -0.1) is 0 Å². The summed E-state index contributed by atoms with van der Waals surface area (Å²) in [6, 6.07) is 13.1. The fourth-order valence-electron chi connectivity index (χ4n) is 2.64. The van der Waals surface area contributed by atoms with Crippen molar-refractivity contribution in [3.8, 4) is 5.75 Å². The van der Waals surface area contributed by atoms with Crippen molar-refractivity contribution in [3.05, 3.63) is 65.2 Å². The molecule has 140 valence electrons. The van der Waals surface area contributed by atoms with Crippen LogP contribution in [0.3, 0.4) is 0 Å². The Bertz CT molecular complexity index is 954. The molecule has 0 radical (unpaired) electrons. The van der Waals surface area contributed by atoms with E-state index >= 15 is 0 Å². The molecule has 0 aliphatic rings. The van der Waals surface area contributed by atoms with Gasteiger partial charge in [-0.2, -0.15) is 0 Å². The number of nitrogens with two attached hydrogens (primary N) is 1. The van der Waals surface area contributed by atoms with Crippen molar-refractivity contribution in [1.82, 2.24) is 9.97 Å². The summed E-state index contributed by atoms with van der Waals surface area (Å²) in [5.41, 5.74) is 9.31. The molecule has 0 saturated carbocycles. The van der Waals surface area contributed by atoms with E-state index in [9.17, 15) is 9.90 Å². The van der Waals surface area contributed by atoms with Crippen LogP contribution in [0.15, 0.2) is 48.2 Å². The summed E-state index contributed by atoms with van der Waals surface area (Å²) in [5, 5.41) is 10.1. The number of carbonyl (C=O) groups excluding carboxylic acids is 1. The Balaban J connectivity index is 1.59. The zero-order valence-electron chi connectivity index (χ0n) is 15.2. The molecule has 0 fully saturated rings. The van der Waals surface area contributed by atoms with Gasteiger partial charge >= 0.3 is 5.97 Å². The predicted octanol–water partition coefficient (Wildman–Crippen LogP) is 2.99. The monoisotopic (exact) mass is 367 g/mol. The fraction of sp³-hybridized carbons (Fsp3) is 0.200. The molecule has 0 amide bonds. The maximum atomic E-state index is 11.9. The fourth-order valence-corrected chi connectivity index (χ4v) is 2.64. The van der Waals surface area contributed by atoms with Crippen molar-refractivity contribution in [2.24, 2.45) is 5.73 Å². The first-order valence-corrected chi connectivity index (χ1v) is 8.43. The zero-order valence-corrected chi connectivity index (χ0v) is 15.2. The van der Waals surface area contributed by atoms with Crippen LogP contribution in [0.4, 0.5) is 0 Å². The number of ether oxygens (including phenoxy) is 2. The molecule has 7 heteroatoms. The van der Waals surface area contributed by atoms with E-state index in [1.165, 1.54) is 0 Å². The lowest BCUT2D eigenvalue weighted by Gasteiger charge is -2.11. The minimum Gasteiger partial charge on any atom is -0.507 e. The molecule has 0 aliphatic carbocycles. The number of aryl methyl sites for hydroxylation is 2. The maximum Gasteiger partial charge on any atom is 0.344 e. The summed E-state index contributed by atoms with van der Waals surface area (Å²) in [7, 11) is 0. The van der Waals surface area contributed by atoms with Gasteiger partial charge in [0.05, 0.1) is 11.0 Å². The molecular weight excluding hydrogens is 346 g/mol. The standard InChI is InChI=1S/C20H21N3O4/c1-12-6-5-7-13(2)19(12)27-11-17(25)26-10-16(24)18(21)20-22-14-8-3-4-9-15(14)23-20/h3-9,24H,10-11,21H2,1-2H3,(H,22,23). The van der Waals surface area contributed by atoms with Gasteiger partial charge in [-0.05, 0) is 37.1 Å². The second-order valence-electron chi connectivity index (χ2n) is 6.13. The van der Waals surface area contributed by atoms with E-state index in [0.717, 1.165) is 22.2 Å². The average Bonchev–Trinajstić information content (AvgIpc) is 3.09. The molecule has 1 heterocycles. The Hall–Kier alpha value is -3.48. The minimum atomic E-state index is -0.610. The van der Waals surface area contributed by atoms with Crippen molar-refractivity contribution in [2.75, 3.05) is 13.2 Å². The van der Waals surface area contributed by atoms with E-state index in [0.29, 0.717) is 11.6 Å². The largest absolute Gasteiger partial charge is 0.507 e. The Morgan fingerprint density at radius 2 is 1.81 bits per heavy atom. The maximum absolute atomic E-state index is 11.9. The molecule has 7 nitrogen and oxygen atoms in total. The molecule has 3 rings (SSSR count). The van der Waals surface area contributed by atoms with E-state index in [1.807, 2.05) is 56.3 Å². The molecule has 2 aromatic carbocycles. The highest BCUT2D eigenvalue weighted by molar-refractivity contribution is 5.78. The molecule has 0 bridgehead atoms. The van der Waals surface area contributed by atoms with Crippen LogP contribution in [0, 0.1) is 13.8 Å². The normalized spacial score (nSPS) is 11.9. The molecule has 4 N–H and O–H groups in total. The number of aromatic amines is 1. The number of hydrogen-bond acceptors (Lipinski definition) is 6. The number of para-hydroxylation sites is 3. The molecule has 0 saturated heterocycles. The minimum absolute atomic E-state index is 0.0228. The third-order valence-corrected chi connectivity index (χ3v) is 4.07. The first kappa shape index (κ1) is 18.3. The molecule has 3 aromatic rings. The number of aliphatic hydroxyl groups is 1. The molecular formula is C20H21N3O4. The van der Waals surface area contributed by atoms with Gasteiger partial charge in [0, 0.05) is 0 Å². The lowest BCUT2D eigenvalue weighted by Crippen LogP contribution is -2.18. The number of benzene rings is 2. The summed E-state index contributed by atoms with van der Waals surface area (Å²) >= 11 is 0. The summed E-state index contributed by atoms with van der Waals surface area (Å²) < 4.78 is 10.6. The van der Waals surface area contributed by atoms with E-state index in [-0.39, 0.29) is 24.7 Å². The molecule has 0 unspecified atom stereocenters. The number of hydrogen-bond donors (Lipinski definition) is 3. The SMILES string of the molecule is Cc1cccc(C)c1OCC(=O)OCC(O)=C(N)c1nc2ccccc2[nH]1. The van der Waals surface area contributed by atoms with Crippen LogP contribution in [0.5, 0.6) is 5.75 Å². The van der Waals surface area contributed by atoms with Gasteiger partial charge in [0.25, 0.3) is 0 Å². The van der Waals surface area contributed by atoms with Gasteiger partial charge < -0.3 is 25.3 Å². The van der Waals surface area contributed by atoms with Crippen molar-refractivity contribution < 1.29 is 19.4 Å². The first-order valence-electron chi connectivity index (χ1n) is 8.43. The number of rotatable bonds is 6. The number of nitrogens with zero attached hydrogens (tertiary/aromatic N) is 1. The highest BCUT2D eigenvalue weighted by Crippen LogP contribution is 2.22. The van der Waals surface area contributed by atoms with Gasteiger partial charge in [-0.3, -0.25) is 0 Å². The zero-order chi connectivity index (χ0) is 19.4. The van der Waals surface area contributed by atoms with Gasteiger partial charge in [0.15, 0.2) is 24.8 Å². The van der Waals surface area contributed by atoms with Crippen molar-refractivity contribution in [2.45, 2.75) is 13.8 Å². The summed E-state index contributed by atoms with van der Waals surface area (Å²) in [6.45, 7) is 3.17. The van der Waals surface area contributed by atoms with Gasteiger partial charge in [0.1, 0.15) is 11.4 Å². The highest BCUT2D eigenvalue weighted by Gasteiger charge is 2.13. The third-order valence-electron chi connectivity index (χ3n) is 4.07. The van der Waals surface area contributed by atoms with Crippen LogP contribution in [-0.2, 0) is 9.53 Å². The molecule has 0 aliphatic heterocycles. The summed E-state index contributed by atoms with van der Waals surface area (Å²) in [5.74, 6) is 0.0728. The molecule has 0 atom stereocenters. The summed E-state index contributed by atoms with van der Waals surface area (Å²) in [6.07, 6.45) is 0. The lowest BCUT2D eigenvalue weighted by atomic mass is 10.1. The topological polar surface area (TPSA) is 110 Å². The van der Waals surface area contributed by atoms with Crippen LogP contribution >= 0.6 is 0 Å². The number of esters is 1. The second kappa shape index (κ2) is 7.82. The number of aromatic nitrogens is 2. The smallest absolute Gasteiger partial charge is 0.344 e. The number of aliphatic hydroxyl groups excluding tert-OH is 1. The van der Waals surface area contributed by atoms with Crippen LogP contribution in [0.25, 0.3) is 16.7 Å². The Morgan fingerprint density at radius 1 is 1.11 bits per heavy atom. The van der Waals surface area contributed by atoms with E-state index in [2.05, 4.69) is 9.97 Å². The van der Waals surface area contributed by atoms with Gasteiger partial charge in [-0.25, -0.2) is 9.78 Å². The highest BCUT2D eigenvalue weighted by atomic mass is 16.6. The number of H-pyrrole nitrogens is 1. The Kier molecular flexibility index (Phi) is 5.30. The van der Waals surface area contributed by atoms with E-state index in [1.54, 1.807) is 0 Å². The summed E-state index contributed by atoms with van der Waals surface area (Å²) in [4.78, 5) is 19.2. The quantitative estimate of drug-likeness (QED) is 0.456. The number of imidazole rings is 1. The average molecular weight is 367 g/mol. The lowest BCUT2D eigenvalue weighted by molar-refractivity contribution is -0.145. The number of nitrogens with one attached hydrogen (secondary N) is 1. The van der Waals surface area contributed by atoms with Crippen molar-refractivity contribution in [1.29, 1.82) is 0 Å². The van der Waals surface area contributed by atoms with Crippen molar-refractivity contribution in [3.63, 3.8) is 0 Å². The predicted molar refractivity (Wildman–Crippen MR) is 102 cm³/mol. The molecule has 0 spiro atoms. The number of fused-ring (bicyclic) bond motifs is 1. The van der Waals surface area contributed by atoms with Crippen LogP contribution in [0.2, 0.25) is 0 Å². The second-order valence-corrected chi connectivity index (χ2v) is 6.13. The third kappa shape index (κ3) is 4.20.